The van der Waals surface area contributed by atoms with Gasteiger partial charge in [0.15, 0.2) is 5.96 Å². The molecule has 0 amide bonds. The van der Waals surface area contributed by atoms with E-state index in [2.05, 4.69) is 20.6 Å². The van der Waals surface area contributed by atoms with Crippen LogP contribution in [0.4, 0.5) is 4.39 Å². The van der Waals surface area contributed by atoms with Gasteiger partial charge in [-0.1, -0.05) is 0 Å². The number of nitrogens with one attached hydrogen (secondary N) is 2. The number of rotatable bonds is 4. The zero-order valence-corrected chi connectivity index (χ0v) is 18.3. The number of fused-ring (bicyclic) bond motifs is 1. The zero-order chi connectivity index (χ0) is 18.0. The second-order valence-electron chi connectivity index (χ2n) is 5.81. The predicted molar refractivity (Wildman–Crippen MR) is 115 cm³/mol. The molecule has 0 atom stereocenters. The van der Waals surface area contributed by atoms with Gasteiger partial charge in [-0.05, 0) is 39.0 Å². The number of hydrogen-bond acceptors (Lipinski definition) is 4. The first-order valence-electron chi connectivity index (χ1n) is 8.03. The third-order valence-electron chi connectivity index (χ3n) is 4.05. The molecule has 1 aromatic carbocycles. The van der Waals surface area contributed by atoms with Crippen molar-refractivity contribution in [3.05, 3.63) is 50.9 Å². The molecule has 0 fully saturated rings. The topological polar surface area (TPSA) is 62.5 Å². The van der Waals surface area contributed by atoms with Crippen LogP contribution in [-0.4, -0.2) is 18.0 Å². The van der Waals surface area contributed by atoms with Crippen LogP contribution in [0, 0.1) is 26.6 Å². The Kier molecular flexibility index (Phi) is 6.99. The van der Waals surface area contributed by atoms with E-state index in [1.165, 1.54) is 17.0 Å². The Labute approximate surface area is 173 Å². The first-order valence-corrected chi connectivity index (χ1v) is 8.84. The van der Waals surface area contributed by atoms with E-state index in [-0.39, 0.29) is 29.8 Å². The van der Waals surface area contributed by atoms with Crippen LogP contribution in [0.1, 0.15) is 26.9 Å². The molecule has 0 saturated carbocycles. The third kappa shape index (κ3) is 4.53. The van der Waals surface area contributed by atoms with E-state index in [4.69, 9.17) is 4.42 Å². The fourth-order valence-corrected chi connectivity index (χ4v) is 3.58. The molecular weight excluding hydrogens is 466 g/mol. The van der Waals surface area contributed by atoms with Crippen LogP contribution in [0.15, 0.2) is 27.6 Å². The fraction of sp³-hybridized carbons (Fsp3) is 0.333. The van der Waals surface area contributed by atoms with Gasteiger partial charge in [0, 0.05) is 22.9 Å². The molecule has 2 aromatic heterocycles. The normalized spacial score (nSPS) is 11.5. The SMILES string of the molecule is CN=C(NCc1oc2ccc(F)cc2c1C)NCc1sc(C)nc1C.I. The molecule has 26 heavy (non-hydrogen) atoms. The highest BCUT2D eigenvalue weighted by Crippen LogP contribution is 2.25. The van der Waals surface area contributed by atoms with E-state index in [0.717, 1.165) is 27.4 Å². The molecule has 0 bridgehead atoms. The minimum atomic E-state index is -0.261. The molecule has 3 rings (SSSR count). The number of nitrogens with zero attached hydrogens (tertiary/aromatic N) is 2. The lowest BCUT2D eigenvalue weighted by atomic mass is 10.1. The summed E-state index contributed by atoms with van der Waals surface area (Å²) in [5, 5.41) is 8.37. The van der Waals surface area contributed by atoms with E-state index in [9.17, 15) is 4.39 Å². The summed E-state index contributed by atoms with van der Waals surface area (Å²) in [6.07, 6.45) is 0. The molecule has 0 saturated heterocycles. The standard InChI is InChI=1S/C18H21FN4OS.HI/c1-10-14-7-13(19)5-6-15(14)24-16(10)8-21-18(20-4)22-9-17-11(2)23-12(3)25-17;/h5-7H,8-9H2,1-4H3,(H2,20,21,22);1H. The Hall–Kier alpha value is -1.68. The smallest absolute Gasteiger partial charge is 0.191 e. The number of aryl methyl sites for hydroxylation is 3. The monoisotopic (exact) mass is 488 g/mol. The molecule has 0 unspecified atom stereocenters. The zero-order valence-electron chi connectivity index (χ0n) is 15.1. The maximum Gasteiger partial charge on any atom is 0.191 e. The Morgan fingerprint density at radius 3 is 2.62 bits per heavy atom. The van der Waals surface area contributed by atoms with Crippen molar-refractivity contribution in [3.63, 3.8) is 0 Å². The molecule has 3 aromatic rings. The van der Waals surface area contributed by atoms with E-state index < -0.39 is 0 Å². The Balaban J connectivity index is 0.00000243. The molecule has 8 heteroatoms. The van der Waals surface area contributed by atoms with Crippen molar-refractivity contribution in [2.45, 2.75) is 33.9 Å². The second kappa shape index (κ2) is 8.81. The molecule has 0 spiro atoms. The summed E-state index contributed by atoms with van der Waals surface area (Å²) < 4.78 is 19.2. The fourth-order valence-electron chi connectivity index (χ4n) is 2.70. The summed E-state index contributed by atoms with van der Waals surface area (Å²) in [6.45, 7) is 7.08. The van der Waals surface area contributed by atoms with Gasteiger partial charge < -0.3 is 15.1 Å². The first-order chi connectivity index (χ1) is 12.0. The molecule has 2 N–H and O–H groups in total. The van der Waals surface area contributed by atoms with Gasteiger partial charge in [0.1, 0.15) is 17.2 Å². The summed E-state index contributed by atoms with van der Waals surface area (Å²) in [5.74, 6) is 1.19. The van der Waals surface area contributed by atoms with E-state index in [0.29, 0.717) is 24.6 Å². The van der Waals surface area contributed by atoms with Crippen LogP contribution in [-0.2, 0) is 13.1 Å². The third-order valence-corrected chi connectivity index (χ3v) is 5.13. The molecular formula is C18H22FIN4OS. The van der Waals surface area contributed by atoms with Crippen molar-refractivity contribution in [2.75, 3.05) is 7.05 Å². The van der Waals surface area contributed by atoms with Gasteiger partial charge in [-0.3, -0.25) is 4.99 Å². The minimum Gasteiger partial charge on any atom is -0.459 e. The number of aliphatic imine (C=N–C) groups is 1. The number of benzene rings is 1. The number of furan rings is 1. The summed E-state index contributed by atoms with van der Waals surface area (Å²) in [5.41, 5.74) is 2.67. The van der Waals surface area contributed by atoms with Gasteiger partial charge in [0.25, 0.3) is 0 Å². The lowest BCUT2D eigenvalue weighted by Gasteiger charge is -2.10. The number of aromatic nitrogens is 1. The van der Waals surface area contributed by atoms with Crippen molar-refractivity contribution in [1.29, 1.82) is 0 Å². The first kappa shape index (κ1) is 20.6. The average Bonchev–Trinajstić information content (AvgIpc) is 3.07. The van der Waals surface area contributed by atoms with E-state index in [1.807, 2.05) is 20.8 Å². The Morgan fingerprint density at radius 2 is 1.96 bits per heavy atom. The highest BCUT2D eigenvalue weighted by molar-refractivity contribution is 14.0. The summed E-state index contributed by atoms with van der Waals surface area (Å²) in [4.78, 5) is 9.84. The summed E-state index contributed by atoms with van der Waals surface area (Å²) in [6, 6.07) is 4.56. The molecule has 0 aliphatic heterocycles. The molecule has 0 aliphatic rings. The highest BCUT2D eigenvalue weighted by Gasteiger charge is 2.12. The number of thiazole rings is 1. The number of guanidine groups is 1. The van der Waals surface area contributed by atoms with E-state index >= 15 is 0 Å². The summed E-state index contributed by atoms with van der Waals surface area (Å²) in [7, 11) is 1.72. The van der Waals surface area contributed by atoms with Crippen LogP contribution in [0.2, 0.25) is 0 Å². The molecule has 140 valence electrons. The average molecular weight is 488 g/mol. The Morgan fingerprint density at radius 1 is 1.23 bits per heavy atom. The quantitative estimate of drug-likeness (QED) is 0.324. The van der Waals surface area contributed by atoms with Crippen LogP contribution in [0.25, 0.3) is 11.0 Å². The van der Waals surface area contributed by atoms with Crippen LogP contribution < -0.4 is 10.6 Å². The molecule has 2 heterocycles. The molecule has 0 aliphatic carbocycles. The van der Waals surface area contributed by atoms with Gasteiger partial charge >= 0.3 is 0 Å². The second-order valence-corrected chi connectivity index (χ2v) is 7.10. The van der Waals surface area contributed by atoms with Crippen molar-refractivity contribution in [3.8, 4) is 0 Å². The lowest BCUT2D eigenvalue weighted by Crippen LogP contribution is -2.36. The molecule has 5 nitrogen and oxygen atoms in total. The van der Waals surface area contributed by atoms with Crippen molar-refractivity contribution in [2.24, 2.45) is 4.99 Å². The van der Waals surface area contributed by atoms with E-state index in [1.54, 1.807) is 24.5 Å². The number of halogens is 2. The Bertz CT molecular complexity index is 935. The van der Waals surface area contributed by atoms with Crippen molar-refractivity contribution >= 4 is 52.2 Å². The summed E-state index contributed by atoms with van der Waals surface area (Å²) >= 11 is 1.68. The number of hydrogen-bond donors (Lipinski definition) is 2. The maximum absolute atomic E-state index is 13.4. The van der Waals surface area contributed by atoms with Crippen molar-refractivity contribution in [1.82, 2.24) is 15.6 Å². The van der Waals surface area contributed by atoms with Crippen LogP contribution in [0.5, 0.6) is 0 Å². The lowest BCUT2D eigenvalue weighted by molar-refractivity contribution is 0.534. The van der Waals surface area contributed by atoms with Gasteiger partial charge in [0.05, 0.1) is 23.8 Å². The highest BCUT2D eigenvalue weighted by atomic mass is 127. The predicted octanol–water partition coefficient (Wildman–Crippen LogP) is 4.44. The largest absolute Gasteiger partial charge is 0.459 e. The maximum atomic E-state index is 13.4. The van der Waals surface area contributed by atoms with Gasteiger partial charge in [-0.25, -0.2) is 9.37 Å². The van der Waals surface area contributed by atoms with Gasteiger partial charge in [-0.2, -0.15) is 0 Å². The molecule has 0 radical (unpaired) electrons. The minimum absolute atomic E-state index is 0. The van der Waals surface area contributed by atoms with Gasteiger partial charge in [0.2, 0.25) is 0 Å². The van der Waals surface area contributed by atoms with Crippen LogP contribution >= 0.6 is 35.3 Å². The van der Waals surface area contributed by atoms with Gasteiger partial charge in [-0.15, -0.1) is 35.3 Å². The van der Waals surface area contributed by atoms with Crippen molar-refractivity contribution < 1.29 is 8.81 Å². The van der Waals surface area contributed by atoms with Crippen LogP contribution in [0.3, 0.4) is 0 Å².